The van der Waals surface area contributed by atoms with Crippen LogP contribution in [0.15, 0.2) is 24.3 Å². The van der Waals surface area contributed by atoms with Crippen LogP contribution in [0.25, 0.3) is 0 Å². The Labute approximate surface area is 144 Å². The van der Waals surface area contributed by atoms with Gasteiger partial charge in [0.05, 0.1) is 11.2 Å². The first kappa shape index (κ1) is 17.4. The Bertz CT molecular complexity index is 699. The van der Waals surface area contributed by atoms with Crippen molar-refractivity contribution in [1.82, 2.24) is 10.6 Å². The standard InChI is InChI=1S/C18H26N2O3S/c1-24(22,23)12-15-7-5-14(6-8-15)10-20-17(21)18-9-3-2-4-16(18)11-19-13-18/h5-8,16,19H,2-4,9-13H2,1H3,(H,20,21)/t16-,18+/m0/s1. The van der Waals surface area contributed by atoms with Crippen molar-refractivity contribution >= 4 is 15.7 Å². The summed E-state index contributed by atoms with van der Waals surface area (Å²) in [5, 5.41) is 6.50. The lowest BCUT2D eigenvalue weighted by molar-refractivity contribution is -0.134. The molecule has 1 amide bonds. The zero-order valence-corrected chi connectivity index (χ0v) is 15.0. The molecule has 2 N–H and O–H groups in total. The molecule has 1 aliphatic carbocycles. The van der Waals surface area contributed by atoms with E-state index >= 15 is 0 Å². The molecular weight excluding hydrogens is 324 g/mol. The molecule has 0 bridgehead atoms. The molecule has 1 aromatic rings. The molecule has 132 valence electrons. The fourth-order valence-electron chi connectivity index (χ4n) is 4.10. The SMILES string of the molecule is CS(=O)(=O)Cc1ccc(CNC(=O)[C@@]23CCCC[C@H]2CNC3)cc1. The largest absolute Gasteiger partial charge is 0.351 e. The van der Waals surface area contributed by atoms with Gasteiger partial charge in [0.15, 0.2) is 9.84 Å². The minimum Gasteiger partial charge on any atom is -0.351 e. The van der Waals surface area contributed by atoms with Crippen LogP contribution in [0.5, 0.6) is 0 Å². The molecule has 1 aromatic carbocycles. The van der Waals surface area contributed by atoms with E-state index < -0.39 is 9.84 Å². The second kappa shape index (κ2) is 6.84. The van der Waals surface area contributed by atoms with Gasteiger partial charge in [-0.25, -0.2) is 8.42 Å². The molecule has 2 fully saturated rings. The Kier molecular flexibility index (Phi) is 4.97. The van der Waals surface area contributed by atoms with Crippen molar-refractivity contribution in [1.29, 1.82) is 0 Å². The summed E-state index contributed by atoms with van der Waals surface area (Å²) in [6, 6.07) is 7.43. The second-order valence-electron chi connectivity index (χ2n) is 7.30. The molecule has 0 spiro atoms. The van der Waals surface area contributed by atoms with E-state index in [1.54, 1.807) is 0 Å². The second-order valence-corrected chi connectivity index (χ2v) is 9.44. The molecule has 2 aliphatic rings. The normalized spacial score (nSPS) is 26.8. The van der Waals surface area contributed by atoms with Gasteiger partial charge in [0.2, 0.25) is 5.91 Å². The first-order valence-corrected chi connectivity index (χ1v) is 10.7. The Morgan fingerprint density at radius 3 is 2.67 bits per heavy atom. The Morgan fingerprint density at radius 1 is 1.25 bits per heavy atom. The summed E-state index contributed by atoms with van der Waals surface area (Å²) < 4.78 is 22.6. The summed E-state index contributed by atoms with van der Waals surface area (Å²) in [5.41, 5.74) is 1.54. The summed E-state index contributed by atoms with van der Waals surface area (Å²) in [5.74, 6) is 0.677. The van der Waals surface area contributed by atoms with Gasteiger partial charge in [-0.1, -0.05) is 37.1 Å². The molecule has 0 radical (unpaired) electrons. The fraction of sp³-hybridized carbons (Fsp3) is 0.611. The molecule has 2 atom stereocenters. The van der Waals surface area contributed by atoms with Crippen molar-refractivity contribution < 1.29 is 13.2 Å². The van der Waals surface area contributed by atoms with Gasteiger partial charge >= 0.3 is 0 Å². The van der Waals surface area contributed by atoms with Gasteiger partial charge in [-0.15, -0.1) is 0 Å². The van der Waals surface area contributed by atoms with Crippen LogP contribution >= 0.6 is 0 Å². The van der Waals surface area contributed by atoms with Crippen LogP contribution in [0, 0.1) is 11.3 Å². The van der Waals surface area contributed by atoms with E-state index in [0.29, 0.717) is 12.5 Å². The van der Waals surface area contributed by atoms with Crippen LogP contribution in [0.4, 0.5) is 0 Å². The third kappa shape index (κ3) is 3.81. The lowest BCUT2D eigenvalue weighted by Gasteiger charge is -2.37. The van der Waals surface area contributed by atoms with Crippen molar-refractivity contribution in [3.05, 3.63) is 35.4 Å². The molecule has 1 aliphatic heterocycles. The minimum atomic E-state index is -3.02. The van der Waals surface area contributed by atoms with E-state index in [2.05, 4.69) is 10.6 Å². The summed E-state index contributed by atoms with van der Waals surface area (Å²) in [7, 11) is -3.02. The maximum Gasteiger partial charge on any atom is 0.228 e. The summed E-state index contributed by atoms with van der Waals surface area (Å²) >= 11 is 0. The van der Waals surface area contributed by atoms with Crippen LogP contribution < -0.4 is 10.6 Å². The molecule has 24 heavy (non-hydrogen) atoms. The first-order valence-electron chi connectivity index (χ1n) is 8.64. The minimum absolute atomic E-state index is 0.0517. The van der Waals surface area contributed by atoms with E-state index in [1.165, 1.54) is 12.7 Å². The number of amides is 1. The highest BCUT2D eigenvalue weighted by Crippen LogP contribution is 2.43. The Hall–Kier alpha value is -1.40. The third-order valence-electron chi connectivity index (χ3n) is 5.40. The van der Waals surface area contributed by atoms with E-state index in [9.17, 15) is 13.2 Å². The predicted molar refractivity (Wildman–Crippen MR) is 94.1 cm³/mol. The van der Waals surface area contributed by atoms with Gasteiger partial charge in [-0.05, 0) is 36.4 Å². The number of carbonyl (C=O) groups is 1. The van der Waals surface area contributed by atoms with Crippen LogP contribution in [-0.4, -0.2) is 33.7 Å². The molecule has 1 saturated carbocycles. The summed E-state index contributed by atoms with van der Waals surface area (Å²) in [6.07, 6.45) is 5.70. The van der Waals surface area contributed by atoms with Crippen molar-refractivity contribution in [2.24, 2.45) is 11.3 Å². The maximum absolute atomic E-state index is 12.8. The molecule has 5 nitrogen and oxygen atoms in total. The Morgan fingerprint density at radius 2 is 1.96 bits per heavy atom. The molecule has 6 heteroatoms. The molecule has 1 saturated heterocycles. The van der Waals surface area contributed by atoms with E-state index in [-0.39, 0.29) is 17.1 Å². The highest BCUT2D eigenvalue weighted by atomic mass is 32.2. The lowest BCUT2D eigenvalue weighted by Crippen LogP contribution is -2.47. The van der Waals surface area contributed by atoms with Crippen molar-refractivity contribution in [3.8, 4) is 0 Å². The molecule has 0 aromatic heterocycles. The number of benzene rings is 1. The van der Waals surface area contributed by atoms with E-state index in [0.717, 1.165) is 43.5 Å². The molecule has 0 unspecified atom stereocenters. The van der Waals surface area contributed by atoms with Gasteiger partial charge in [-0.3, -0.25) is 4.79 Å². The number of hydrogen-bond donors (Lipinski definition) is 2. The van der Waals surface area contributed by atoms with Crippen LogP contribution in [0.3, 0.4) is 0 Å². The van der Waals surface area contributed by atoms with Crippen LogP contribution in [-0.2, 0) is 26.9 Å². The Balaban J connectivity index is 1.60. The van der Waals surface area contributed by atoms with Crippen LogP contribution in [0.1, 0.15) is 36.8 Å². The molecular formula is C18H26N2O3S. The van der Waals surface area contributed by atoms with Crippen molar-refractivity contribution in [3.63, 3.8) is 0 Å². The number of sulfone groups is 1. The van der Waals surface area contributed by atoms with Gasteiger partial charge in [0.25, 0.3) is 0 Å². The van der Waals surface area contributed by atoms with E-state index in [4.69, 9.17) is 0 Å². The maximum atomic E-state index is 12.8. The van der Waals surface area contributed by atoms with Gasteiger partial charge in [-0.2, -0.15) is 0 Å². The average Bonchev–Trinajstić information content (AvgIpc) is 2.97. The summed E-state index contributed by atoms with van der Waals surface area (Å²) in [4.78, 5) is 12.8. The quantitative estimate of drug-likeness (QED) is 0.846. The lowest BCUT2D eigenvalue weighted by atomic mass is 9.67. The highest BCUT2D eigenvalue weighted by molar-refractivity contribution is 7.89. The predicted octanol–water partition coefficient (Wildman–Crippen LogP) is 1.63. The van der Waals surface area contributed by atoms with Crippen molar-refractivity contribution in [2.45, 2.75) is 38.0 Å². The number of carbonyl (C=O) groups excluding carboxylic acids is 1. The van der Waals surface area contributed by atoms with Gasteiger partial charge in [0, 0.05) is 19.3 Å². The summed E-state index contributed by atoms with van der Waals surface area (Å²) in [6.45, 7) is 2.23. The highest BCUT2D eigenvalue weighted by Gasteiger charge is 2.49. The van der Waals surface area contributed by atoms with Crippen LogP contribution in [0.2, 0.25) is 0 Å². The molecule has 1 heterocycles. The monoisotopic (exact) mass is 350 g/mol. The first-order chi connectivity index (χ1) is 11.4. The zero-order valence-electron chi connectivity index (χ0n) is 14.2. The zero-order chi connectivity index (χ0) is 17.2. The smallest absolute Gasteiger partial charge is 0.228 e. The number of nitrogens with one attached hydrogen (secondary N) is 2. The number of hydrogen-bond acceptors (Lipinski definition) is 4. The molecule has 3 rings (SSSR count). The number of fused-ring (bicyclic) bond motifs is 1. The van der Waals surface area contributed by atoms with Gasteiger partial charge in [0.1, 0.15) is 0 Å². The van der Waals surface area contributed by atoms with Gasteiger partial charge < -0.3 is 10.6 Å². The van der Waals surface area contributed by atoms with E-state index in [1.807, 2.05) is 24.3 Å². The number of rotatable bonds is 5. The average molecular weight is 350 g/mol. The topological polar surface area (TPSA) is 75.3 Å². The van der Waals surface area contributed by atoms with Crippen molar-refractivity contribution in [2.75, 3.05) is 19.3 Å². The fourth-order valence-corrected chi connectivity index (χ4v) is 4.90. The third-order valence-corrected chi connectivity index (χ3v) is 6.25.